The molecule has 3 rings (SSSR count). The van der Waals surface area contributed by atoms with Crippen LogP contribution in [-0.2, 0) is 6.54 Å². The summed E-state index contributed by atoms with van der Waals surface area (Å²) < 4.78 is 0. The van der Waals surface area contributed by atoms with Gasteiger partial charge >= 0.3 is 0 Å². The van der Waals surface area contributed by atoms with Crippen molar-refractivity contribution in [2.75, 3.05) is 45.1 Å². The Balaban J connectivity index is 1.44. The predicted octanol–water partition coefficient (Wildman–Crippen LogP) is 1.11. The van der Waals surface area contributed by atoms with Crippen molar-refractivity contribution in [3.05, 3.63) is 5.01 Å². The van der Waals surface area contributed by atoms with Gasteiger partial charge < -0.3 is 10.2 Å². The van der Waals surface area contributed by atoms with Crippen LogP contribution in [0.5, 0.6) is 0 Å². The van der Waals surface area contributed by atoms with Crippen LogP contribution in [0.1, 0.15) is 17.8 Å². The predicted molar refractivity (Wildman–Crippen MR) is 73.9 cm³/mol. The molecule has 18 heavy (non-hydrogen) atoms. The molecule has 0 radical (unpaired) electrons. The molecule has 1 aliphatic heterocycles. The highest BCUT2D eigenvalue weighted by Crippen LogP contribution is 2.30. The fourth-order valence-corrected chi connectivity index (χ4v) is 3.14. The number of piperazine rings is 1. The maximum absolute atomic E-state index is 4.21. The second-order valence-electron chi connectivity index (χ2n) is 5.27. The molecule has 1 saturated heterocycles. The number of nitrogens with zero attached hydrogens (tertiary/aromatic N) is 4. The third-order valence-electron chi connectivity index (χ3n) is 3.72. The van der Waals surface area contributed by atoms with Crippen LogP contribution in [0.2, 0.25) is 0 Å². The van der Waals surface area contributed by atoms with Gasteiger partial charge in [0.15, 0.2) is 0 Å². The molecule has 0 unspecified atom stereocenters. The van der Waals surface area contributed by atoms with Crippen molar-refractivity contribution in [1.82, 2.24) is 20.0 Å². The number of aromatic nitrogens is 2. The Bertz CT molecular complexity index is 382. The van der Waals surface area contributed by atoms with Gasteiger partial charge in [-0.05, 0) is 18.8 Å². The summed E-state index contributed by atoms with van der Waals surface area (Å²) in [5.74, 6) is 1.01. The number of hydrogen-bond donors (Lipinski definition) is 1. The van der Waals surface area contributed by atoms with E-state index >= 15 is 0 Å². The molecular formula is C12H21N5S. The van der Waals surface area contributed by atoms with Gasteiger partial charge in [-0.15, -0.1) is 10.2 Å². The standard InChI is InChI=1S/C12H21N5S/c1-13-12-15-14-11(18-12)9-17-6-4-16(5-7-17)8-10-2-3-10/h10H,2-9H2,1H3,(H,13,15). The van der Waals surface area contributed by atoms with E-state index < -0.39 is 0 Å². The Morgan fingerprint density at radius 2 is 1.89 bits per heavy atom. The maximum atomic E-state index is 4.21. The molecule has 1 N–H and O–H groups in total. The van der Waals surface area contributed by atoms with Crippen LogP contribution in [0.15, 0.2) is 0 Å². The van der Waals surface area contributed by atoms with Crippen LogP contribution in [0.4, 0.5) is 5.13 Å². The summed E-state index contributed by atoms with van der Waals surface area (Å²) >= 11 is 1.66. The average Bonchev–Trinajstić information content (AvgIpc) is 3.09. The molecule has 0 spiro atoms. The van der Waals surface area contributed by atoms with Crippen molar-refractivity contribution in [2.45, 2.75) is 19.4 Å². The van der Waals surface area contributed by atoms with Crippen LogP contribution in [-0.4, -0.2) is 59.8 Å². The minimum absolute atomic E-state index is 0.914. The minimum Gasteiger partial charge on any atom is -0.363 e. The van der Waals surface area contributed by atoms with E-state index in [9.17, 15) is 0 Å². The van der Waals surface area contributed by atoms with E-state index in [2.05, 4.69) is 25.3 Å². The second-order valence-corrected chi connectivity index (χ2v) is 6.33. The van der Waals surface area contributed by atoms with Crippen molar-refractivity contribution >= 4 is 16.5 Å². The Hall–Kier alpha value is -0.720. The van der Waals surface area contributed by atoms with Crippen molar-refractivity contribution in [1.29, 1.82) is 0 Å². The van der Waals surface area contributed by atoms with Gasteiger partial charge in [-0.1, -0.05) is 11.3 Å². The van der Waals surface area contributed by atoms with E-state index in [0.29, 0.717) is 0 Å². The summed E-state index contributed by atoms with van der Waals surface area (Å²) in [6, 6.07) is 0. The summed E-state index contributed by atoms with van der Waals surface area (Å²) in [5.41, 5.74) is 0. The van der Waals surface area contributed by atoms with E-state index in [-0.39, 0.29) is 0 Å². The third kappa shape index (κ3) is 3.18. The highest BCUT2D eigenvalue weighted by molar-refractivity contribution is 7.15. The first-order valence-corrected chi connectivity index (χ1v) is 7.60. The van der Waals surface area contributed by atoms with Crippen LogP contribution in [0.25, 0.3) is 0 Å². The zero-order valence-corrected chi connectivity index (χ0v) is 11.7. The van der Waals surface area contributed by atoms with E-state index in [1.807, 2.05) is 7.05 Å². The van der Waals surface area contributed by atoms with Crippen LogP contribution >= 0.6 is 11.3 Å². The molecule has 1 aliphatic carbocycles. The molecule has 1 aromatic rings. The average molecular weight is 267 g/mol. The lowest BCUT2D eigenvalue weighted by molar-refractivity contribution is 0.123. The number of anilines is 1. The molecule has 6 heteroatoms. The molecule has 2 fully saturated rings. The van der Waals surface area contributed by atoms with Crippen LogP contribution in [0.3, 0.4) is 0 Å². The van der Waals surface area contributed by atoms with E-state index in [0.717, 1.165) is 22.6 Å². The molecule has 2 aliphatic rings. The summed E-state index contributed by atoms with van der Waals surface area (Å²) in [6.45, 7) is 7.05. The smallest absolute Gasteiger partial charge is 0.205 e. The highest BCUT2D eigenvalue weighted by Gasteiger charge is 2.26. The van der Waals surface area contributed by atoms with E-state index in [1.54, 1.807) is 11.3 Å². The molecule has 1 aromatic heterocycles. The van der Waals surface area contributed by atoms with Gasteiger partial charge in [-0.25, -0.2) is 0 Å². The fourth-order valence-electron chi connectivity index (χ4n) is 2.41. The maximum Gasteiger partial charge on any atom is 0.205 e. The molecule has 2 heterocycles. The largest absolute Gasteiger partial charge is 0.363 e. The quantitative estimate of drug-likeness (QED) is 0.866. The molecule has 5 nitrogen and oxygen atoms in total. The number of nitrogens with one attached hydrogen (secondary N) is 1. The lowest BCUT2D eigenvalue weighted by Crippen LogP contribution is -2.46. The first-order valence-electron chi connectivity index (χ1n) is 6.78. The minimum atomic E-state index is 0.914. The zero-order chi connectivity index (χ0) is 12.4. The third-order valence-corrected chi connectivity index (χ3v) is 4.64. The molecule has 0 bridgehead atoms. The molecule has 0 amide bonds. The van der Waals surface area contributed by atoms with Gasteiger partial charge in [0, 0.05) is 39.8 Å². The van der Waals surface area contributed by atoms with Crippen molar-refractivity contribution in [2.24, 2.45) is 5.92 Å². The normalized spacial score (nSPS) is 22.3. The Morgan fingerprint density at radius 1 is 1.17 bits per heavy atom. The molecule has 0 aromatic carbocycles. The SMILES string of the molecule is CNc1nnc(CN2CCN(CC3CC3)CC2)s1. The Labute approximate surface area is 112 Å². The topological polar surface area (TPSA) is 44.3 Å². The summed E-state index contributed by atoms with van der Waals surface area (Å²) in [7, 11) is 1.89. The summed E-state index contributed by atoms with van der Waals surface area (Å²) in [4.78, 5) is 5.11. The van der Waals surface area contributed by atoms with Gasteiger partial charge in [-0.3, -0.25) is 4.90 Å². The molecule has 1 saturated carbocycles. The van der Waals surface area contributed by atoms with Gasteiger partial charge in [0.05, 0.1) is 6.54 Å². The Morgan fingerprint density at radius 3 is 2.50 bits per heavy atom. The molecular weight excluding hydrogens is 246 g/mol. The van der Waals surface area contributed by atoms with E-state index in [4.69, 9.17) is 0 Å². The van der Waals surface area contributed by atoms with Gasteiger partial charge in [0.2, 0.25) is 5.13 Å². The van der Waals surface area contributed by atoms with Gasteiger partial charge in [0.25, 0.3) is 0 Å². The van der Waals surface area contributed by atoms with Crippen molar-refractivity contribution in [3.8, 4) is 0 Å². The van der Waals surface area contributed by atoms with Crippen LogP contribution in [0, 0.1) is 5.92 Å². The van der Waals surface area contributed by atoms with Gasteiger partial charge in [-0.2, -0.15) is 0 Å². The Kier molecular flexibility index (Phi) is 3.77. The lowest BCUT2D eigenvalue weighted by atomic mass is 10.3. The monoisotopic (exact) mass is 267 g/mol. The lowest BCUT2D eigenvalue weighted by Gasteiger charge is -2.34. The molecule has 0 atom stereocenters. The zero-order valence-electron chi connectivity index (χ0n) is 10.9. The summed E-state index contributed by atoms with van der Waals surface area (Å²) in [5, 5.41) is 13.4. The molecule has 100 valence electrons. The van der Waals surface area contributed by atoms with Crippen molar-refractivity contribution < 1.29 is 0 Å². The highest BCUT2D eigenvalue weighted by atomic mass is 32.1. The fraction of sp³-hybridized carbons (Fsp3) is 0.833. The van der Waals surface area contributed by atoms with E-state index in [1.165, 1.54) is 45.6 Å². The second kappa shape index (κ2) is 5.50. The first-order chi connectivity index (χ1) is 8.83. The summed E-state index contributed by atoms with van der Waals surface area (Å²) in [6.07, 6.45) is 2.91. The first kappa shape index (κ1) is 12.3. The number of hydrogen-bond acceptors (Lipinski definition) is 6. The van der Waals surface area contributed by atoms with Crippen LogP contribution < -0.4 is 5.32 Å². The van der Waals surface area contributed by atoms with Gasteiger partial charge in [0.1, 0.15) is 5.01 Å². The number of rotatable bonds is 5. The van der Waals surface area contributed by atoms with Crippen molar-refractivity contribution in [3.63, 3.8) is 0 Å².